The Labute approximate surface area is 209 Å². The van der Waals surface area contributed by atoms with Crippen LogP contribution in [0.3, 0.4) is 0 Å². The third-order valence-corrected chi connectivity index (χ3v) is 6.31. The van der Waals surface area contributed by atoms with Gasteiger partial charge in [0.2, 0.25) is 11.9 Å². The van der Waals surface area contributed by atoms with Gasteiger partial charge in [-0.05, 0) is 61.4 Å². The predicted molar refractivity (Wildman–Crippen MR) is 129 cm³/mol. The minimum Gasteiger partial charge on any atom is -0.351 e. The topological polar surface area (TPSA) is 74.0 Å². The fourth-order valence-electron chi connectivity index (χ4n) is 4.34. The summed E-state index contributed by atoms with van der Waals surface area (Å²) in [7, 11) is 0. The molecule has 192 valence electrons. The van der Waals surface area contributed by atoms with Gasteiger partial charge in [-0.25, -0.2) is 23.7 Å². The zero-order valence-corrected chi connectivity index (χ0v) is 19.9. The lowest BCUT2D eigenvalue weighted by Crippen LogP contribution is -2.36. The molecule has 1 fully saturated rings. The fourth-order valence-corrected chi connectivity index (χ4v) is 4.54. The predicted octanol–water partition coefficient (Wildman–Crippen LogP) is 5.05. The van der Waals surface area contributed by atoms with Crippen LogP contribution >= 0.6 is 11.6 Å². The quantitative estimate of drug-likeness (QED) is 0.325. The summed E-state index contributed by atoms with van der Waals surface area (Å²) < 4.78 is 66.8. The first-order valence-corrected chi connectivity index (χ1v) is 11.7. The highest BCUT2D eigenvalue weighted by Gasteiger charge is 2.40. The van der Waals surface area contributed by atoms with E-state index in [-0.39, 0.29) is 43.0 Å². The first-order chi connectivity index (χ1) is 17.0. The Morgan fingerprint density at radius 1 is 1.14 bits per heavy atom. The number of rotatable bonds is 5. The standard InChI is InChI=1S/C24H24ClF5N6/c1-31-21(19-3-2-4-20(35-19)24(28,29)30)36-22(34-17-7-8-23(26,27)12-17)33-13-32-18-10-14-5-6-16(25)9-15(14)11-18/h2-6,9,17-18,32H,1,7-8,10-13H2,(H,33,34)/b36-21-. The van der Waals surface area contributed by atoms with Gasteiger partial charge in [-0.15, -0.1) is 0 Å². The fraction of sp³-hybridized carbons (Fsp3) is 0.417. The lowest BCUT2D eigenvalue weighted by molar-refractivity contribution is -0.141. The Bertz CT molecular complexity index is 1180. The molecule has 1 heterocycles. The molecule has 0 saturated heterocycles. The van der Waals surface area contributed by atoms with Gasteiger partial charge in [0, 0.05) is 29.9 Å². The molecule has 0 bridgehead atoms. The second kappa shape index (κ2) is 10.6. The number of fused-ring (bicyclic) bond motifs is 1. The Balaban J connectivity index is 1.52. The average Bonchev–Trinajstić information content (AvgIpc) is 3.37. The number of hydrogen-bond acceptors (Lipinski definition) is 3. The number of pyridine rings is 1. The Kier molecular flexibility index (Phi) is 7.70. The monoisotopic (exact) mass is 526 g/mol. The molecule has 0 spiro atoms. The summed E-state index contributed by atoms with van der Waals surface area (Å²) in [5.41, 5.74) is 1.05. The molecule has 0 amide bonds. The van der Waals surface area contributed by atoms with E-state index in [9.17, 15) is 22.0 Å². The summed E-state index contributed by atoms with van der Waals surface area (Å²) in [6, 6.07) is 8.54. The number of hydrogen-bond donors (Lipinski definition) is 2. The van der Waals surface area contributed by atoms with E-state index < -0.39 is 30.3 Å². The smallest absolute Gasteiger partial charge is 0.351 e. The highest BCUT2D eigenvalue weighted by atomic mass is 35.5. The van der Waals surface area contributed by atoms with Gasteiger partial charge in [0.25, 0.3) is 0 Å². The van der Waals surface area contributed by atoms with Gasteiger partial charge in [-0.3, -0.25) is 5.32 Å². The van der Waals surface area contributed by atoms with E-state index in [1.54, 1.807) is 0 Å². The molecule has 2 aromatic rings. The van der Waals surface area contributed by atoms with Crippen molar-refractivity contribution in [3.05, 3.63) is 63.9 Å². The number of amidine groups is 1. The van der Waals surface area contributed by atoms with Crippen molar-refractivity contribution in [2.24, 2.45) is 15.0 Å². The SMILES string of the molecule is C=N/C(=N\C(=N/CNC1Cc2ccc(Cl)cc2C1)NC1CCC(F)(F)C1)c1cccc(C(F)(F)F)n1. The number of benzene rings is 1. The van der Waals surface area contributed by atoms with Crippen LogP contribution in [-0.2, 0) is 19.0 Å². The van der Waals surface area contributed by atoms with Crippen LogP contribution in [0, 0.1) is 0 Å². The van der Waals surface area contributed by atoms with E-state index in [1.807, 2.05) is 18.2 Å². The lowest BCUT2D eigenvalue weighted by Gasteiger charge is -2.15. The first kappa shape index (κ1) is 26.2. The summed E-state index contributed by atoms with van der Waals surface area (Å²) in [6.07, 6.45) is -3.60. The van der Waals surface area contributed by atoms with Crippen molar-refractivity contribution < 1.29 is 22.0 Å². The van der Waals surface area contributed by atoms with Gasteiger partial charge < -0.3 is 5.32 Å². The third-order valence-electron chi connectivity index (χ3n) is 6.08. The summed E-state index contributed by atoms with van der Waals surface area (Å²) >= 11 is 6.07. The van der Waals surface area contributed by atoms with Crippen LogP contribution < -0.4 is 10.6 Å². The number of alkyl halides is 5. The largest absolute Gasteiger partial charge is 0.433 e. The van der Waals surface area contributed by atoms with Crippen LogP contribution in [0.25, 0.3) is 0 Å². The number of aliphatic imine (C=N–C) groups is 3. The van der Waals surface area contributed by atoms with Crippen molar-refractivity contribution in [3.63, 3.8) is 0 Å². The molecule has 2 aliphatic carbocycles. The summed E-state index contributed by atoms with van der Waals surface area (Å²) in [6.45, 7) is 3.48. The van der Waals surface area contributed by atoms with Gasteiger partial charge in [0.1, 0.15) is 11.4 Å². The molecule has 1 aromatic carbocycles. The number of nitrogens with zero attached hydrogens (tertiary/aromatic N) is 4. The van der Waals surface area contributed by atoms with Gasteiger partial charge in [0.05, 0.1) is 6.67 Å². The number of aromatic nitrogens is 1. The molecular formula is C24H24ClF5N6. The number of nitrogens with one attached hydrogen (secondary N) is 2. The molecule has 0 aliphatic heterocycles. The van der Waals surface area contributed by atoms with Crippen molar-refractivity contribution >= 4 is 30.1 Å². The van der Waals surface area contributed by atoms with E-state index in [4.69, 9.17) is 11.6 Å². The van der Waals surface area contributed by atoms with Crippen LogP contribution in [0.5, 0.6) is 0 Å². The average molecular weight is 527 g/mol. The first-order valence-electron chi connectivity index (χ1n) is 11.3. The minimum absolute atomic E-state index is 0.0367. The number of guanidine groups is 1. The van der Waals surface area contributed by atoms with Crippen molar-refractivity contribution in [1.82, 2.24) is 15.6 Å². The van der Waals surface area contributed by atoms with Gasteiger partial charge in [-0.1, -0.05) is 23.7 Å². The maximum Gasteiger partial charge on any atom is 0.433 e. The molecule has 0 radical (unpaired) electrons. The van der Waals surface area contributed by atoms with E-state index in [0.717, 1.165) is 24.5 Å². The Morgan fingerprint density at radius 3 is 2.61 bits per heavy atom. The molecule has 2 atom stereocenters. The maximum atomic E-state index is 13.7. The molecule has 2 N–H and O–H groups in total. The van der Waals surface area contributed by atoms with E-state index >= 15 is 0 Å². The molecule has 6 nitrogen and oxygen atoms in total. The number of halogens is 6. The normalized spacial score (nSPS) is 21.9. The second-order valence-corrected chi connectivity index (χ2v) is 9.24. The Morgan fingerprint density at radius 2 is 1.92 bits per heavy atom. The molecular weight excluding hydrogens is 503 g/mol. The minimum atomic E-state index is -4.65. The van der Waals surface area contributed by atoms with Crippen LogP contribution in [0.4, 0.5) is 22.0 Å². The van der Waals surface area contributed by atoms with Crippen molar-refractivity contribution in [1.29, 1.82) is 0 Å². The molecule has 1 aromatic heterocycles. The lowest BCUT2D eigenvalue weighted by atomic mass is 10.1. The van der Waals surface area contributed by atoms with Crippen LogP contribution in [0.1, 0.15) is 41.8 Å². The Hall–Kier alpha value is -2.92. The molecule has 1 saturated carbocycles. The molecule has 4 rings (SSSR count). The van der Waals surface area contributed by atoms with Crippen LogP contribution in [0.2, 0.25) is 5.02 Å². The summed E-state index contributed by atoms with van der Waals surface area (Å²) in [5.74, 6) is -3.05. The van der Waals surface area contributed by atoms with Gasteiger partial charge >= 0.3 is 6.18 Å². The van der Waals surface area contributed by atoms with Crippen LogP contribution in [-0.4, -0.2) is 48.2 Å². The zero-order chi connectivity index (χ0) is 25.9. The van der Waals surface area contributed by atoms with Gasteiger partial charge in [0.15, 0.2) is 5.84 Å². The molecule has 36 heavy (non-hydrogen) atoms. The zero-order valence-electron chi connectivity index (χ0n) is 19.1. The van der Waals surface area contributed by atoms with Crippen molar-refractivity contribution in [3.8, 4) is 0 Å². The van der Waals surface area contributed by atoms with Crippen molar-refractivity contribution in [2.75, 3.05) is 6.67 Å². The summed E-state index contributed by atoms with van der Waals surface area (Å²) in [4.78, 5) is 15.9. The highest BCUT2D eigenvalue weighted by Crippen LogP contribution is 2.35. The molecule has 12 heteroatoms. The van der Waals surface area contributed by atoms with E-state index in [2.05, 4.69) is 37.3 Å². The second-order valence-electron chi connectivity index (χ2n) is 8.80. The molecule has 2 unspecified atom stereocenters. The molecule has 2 aliphatic rings. The van der Waals surface area contributed by atoms with Crippen molar-refractivity contribution in [2.45, 2.75) is 56.3 Å². The van der Waals surface area contributed by atoms with E-state index in [1.165, 1.54) is 17.7 Å². The summed E-state index contributed by atoms with van der Waals surface area (Å²) in [5, 5.41) is 6.83. The highest BCUT2D eigenvalue weighted by molar-refractivity contribution is 6.30. The maximum absolute atomic E-state index is 13.7. The van der Waals surface area contributed by atoms with Gasteiger partial charge in [-0.2, -0.15) is 18.2 Å². The van der Waals surface area contributed by atoms with E-state index in [0.29, 0.717) is 5.02 Å². The van der Waals surface area contributed by atoms with Crippen LogP contribution in [0.15, 0.2) is 51.4 Å². The third kappa shape index (κ3) is 6.64.